The monoisotopic (exact) mass is 246 g/mol. The molecule has 0 unspecified atom stereocenters. The first kappa shape index (κ1) is 13.4. The first-order valence-corrected chi connectivity index (χ1v) is 7.43. The van der Waals surface area contributed by atoms with Gasteiger partial charge in [-0.1, -0.05) is 31.9 Å². The summed E-state index contributed by atoms with van der Waals surface area (Å²) in [4.78, 5) is 2.60. The van der Waals surface area contributed by atoms with Gasteiger partial charge in [0.2, 0.25) is 0 Å². The lowest BCUT2D eigenvalue weighted by molar-refractivity contribution is 0.296. The molecule has 2 heteroatoms. The number of benzene rings is 1. The predicted octanol–water partition coefficient (Wildman–Crippen LogP) is 3.54. The van der Waals surface area contributed by atoms with Crippen LogP contribution in [-0.2, 0) is 6.42 Å². The molecular weight excluding hydrogens is 220 g/mol. The van der Waals surface area contributed by atoms with E-state index in [1.807, 2.05) is 0 Å². The van der Waals surface area contributed by atoms with Gasteiger partial charge in [-0.3, -0.25) is 0 Å². The number of nitrogens with zero attached hydrogens (tertiary/aromatic N) is 1. The van der Waals surface area contributed by atoms with E-state index in [4.69, 9.17) is 0 Å². The Morgan fingerprint density at radius 1 is 1.00 bits per heavy atom. The van der Waals surface area contributed by atoms with Crippen molar-refractivity contribution in [1.29, 1.82) is 0 Å². The Morgan fingerprint density at radius 3 is 2.28 bits per heavy atom. The van der Waals surface area contributed by atoms with Crippen molar-refractivity contribution < 1.29 is 0 Å². The summed E-state index contributed by atoms with van der Waals surface area (Å²) in [6, 6.07) is 8.82. The van der Waals surface area contributed by atoms with Crippen molar-refractivity contribution in [3.05, 3.63) is 29.8 Å². The minimum absolute atomic E-state index is 1.06. The van der Waals surface area contributed by atoms with Crippen LogP contribution in [0.25, 0.3) is 0 Å². The van der Waals surface area contributed by atoms with Crippen LogP contribution in [0.2, 0.25) is 0 Å². The van der Waals surface area contributed by atoms with E-state index in [9.17, 15) is 0 Å². The molecule has 1 aromatic carbocycles. The summed E-state index contributed by atoms with van der Waals surface area (Å²) in [5.74, 6) is 0. The molecule has 18 heavy (non-hydrogen) atoms. The third-order valence-corrected chi connectivity index (χ3v) is 3.82. The van der Waals surface area contributed by atoms with Gasteiger partial charge in [-0.2, -0.15) is 0 Å². The highest BCUT2D eigenvalue weighted by atomic mass is 15.1. The molecule has 100 valence electrons. The van der Waals surface area contributed by atoms with E-state index < -0.39 is 0 Å². The molecule has 0 bridgehead atoms. The largest absolute Gasteiger partial charge is 0.384 e. The second kappa shape index (κ2) is 7.42. The normalized spacial score (nSPS) is 17.4. The molecule has 0 saturated carbocycles. The van der Waals surface area contributed by atoms with Crippen LogP contribution < -0.4 is 5.32 Å². The Bertz CT molecular complexity index is 323. The molecular formula is C16H26N2. The zero-order chi connectivity index (χ0) is 12.6. The van der Waals surface area contributed by atoms with E-state index >= 15 is 0 Å². The quantitative estimate of drug-likeness (QED) is 0.855. The van der Waals surface area contributed by atoms with Crippen LogP contribution in [0.1, 0.15) is 38.2 Å². The third kappa shape index (κ3) is 4.34. The average Bonchev–Trinajstić information content (AvgIpc) is 2.68. The molecule has 1 saturated heterocycles. The van der Waals surface area contributed by atoms with Crippen molar-refractivity contribution in [2.24, 2.45) is 0 Å². The zero-order valence-electron chi connectivity index (χ0n) is 11.6. The van der Waals surface area contributed by atoms with Crippen molar-refractivity contribution in [3.63, 3.8) is 0 Å². The van der Waals surface area contributed by atoms with Gasteiger partial charge in [-0.25, -0.2) is 0 Å². The zero-order valence-corrected chi connectivity index (χ0v) is 11.6. The number of likely N-dealkylation sites (tertiary alicyclic amines) is 1. The molecule has 2 rings (SSSR count). The Labute approximate surface area is 111 Å². The van der Waals surface area contributed by atoms with Gasteiger partial charge in [0.15, 0.2) is 0 Å². The molecule has 2 nitrogen and oxygen atoms in total. The van der Waals surface area contributed by atoms with Crippen molar-refractivity contribution in [1.82, 2.24) is 4.90 Å². The molecule has 1 fully saturated rings. The van der Waals surface area contributed by atoms with Gasteiger partial charge in [0.25, 0.3) is 0 Å². The van der Waals surface area contributed by atoms with E-state index in [1.165, 1.54) is 56.6 Å². The van der Waals surface area contributed by atoms with Gasteiger partial charge in [-0.05, 0) is 50.0 Å². The maximum absolute atomic E-state index is 3.52. The highest BCUT2D eigenvalue weighted by Crippen LogP contribution is 2.11. The fourth-order valence-corrected chi connectivity index (χ4v) is 2.58. The van der Waals surface area contributed by atoms with Crippen molar-refractivity contribution in [3.8, 4) is 0 Å². The molecule has 0 atom stereocenters. The van der Waals surface area contributed by atoms with Crippen LogP contribution in [0, 0.1) is 0 Å². The number of hydrogen-bond acceptors (Lipinski definition) is 2. The molecule has 0 aromatic heterocycles. The minimum Gasteiger partial charge on any atom is -0.384 e. The molecule has 0 spiro atoms. The van der Waals surface area contributed by atoms with Gasteiger partial charge in [0.1, 0.15) is 0 Å². The lowest BCUT2D eigenvalue weighted by Crippen LogP contribution is -2.29. The van der Waals surface area contributed by atoms with Gasteiger partial charge in [0.05, 0.1) is 0 Å². The molecule has 1 aliphatic heterocycles. The van der Waals surface area contributed by atoms with E-state index in [-0.39, 0.29) is 0 Å². The van der Waals surface area contributed by atoms with Crippen molar-refractivity contribution >= 4 is 5.69 Å². The lowest BCUT2D eigenvalue weighted by Gasteiger charge is -2.20. The van der Waals surface area contributed by atoms with Crippen LogP contribution in [0.3, 0.4) is 0 Å². The number of rotatable bonds is 5. The Hall–Kier alpha value is -1.02. The summed E-state index contributed by atoms with van der Waals surface area (Å²) in [6.07, 6.45) is 6.72. The molecule has 1 heterocycles. The molecule has 0 aliphatic carbocycles. The van der Waals surface area contributed by atoms with Gasteiger partial charge >= 0.3 is 0 Å². The predicted molar refractivity (Wildman–Crippen MR) is 79.2 cm³/mol. The van der Waals surface area contributed by atoms with Crippen LogP contribution in [0.5, 0.6) is 0 Å². The SMILES string of the molecule is CCc1ccc(NCCN2CCCCCC2)cc1. The Balaban J connectivity index is 1.70. The number of aryl methyl sites for hydroxylation is 1. The maximum Gasteiger partial charge on any atom is 0.0340 e. The van der Waals surface area contributed by atoms with Gasteiger partial charge in [0, 0.05) is 18.8 Å². The molecule has 0 radical (unpaired) electrons. The fourth-order valence-electron chi connectivity index (χ4n) is 2.58. The first-order valence-electron chi connectivity index (χ1n) is 7.43. The number of anilines is 1. The number of hydrogen-bond donors (Lipinski definition) is 1. The Kier molecular flexibility index (Phi) is 5.53. The highest BCUT2D eigenvalue weighted by molar-refractivity contribution is 5.44. The average molecular weight is 246 g/mol. The molecule has 1 aromatic rings. The highest BCUT2D eigenvalue weighted by Gasteiger charge is 2.07. The summed E-state index contributed by atoms with van der Waals surface area (Å²) in [5, 5.41) is 3.52. The first-order chi connectivity index (χ1) is 8.88. The van der Waals surface area contributed by atoms with E-state index in [0.717, 1.165) is 13.0 Å². The lowest BCUT2D eigenvalue weighted by atomic mass is 10.1. The van der Waals surface area contributed by atoms with Crippen molar-refractivity contribution in [2.45, 2.75) is 39.0 Å². The van der Waals surface area contributed by atoms with E-state index in [2.05, 4.69) is 41.4 Å². The van der Waals surface area contributed by atoms with Gasteiger partial charge < -0.3 is 10.2 Å². The van der Waals surface area contributed by atoms with Gasteiger partial charge in [-0.15, -0.1) is 0 Å². The standard InChI is InChI=1S/C16H26N2/c1-2-15-7-9-16(10-8-15)17-11-14-18-12-5-3-4-6-13-18/h7-10,17H,2-6,11-14H2,1H3. The van der Waals surface area contributed by atoms with E-state index in [0.29, 0.717) is 0 Å². The summed E-state index contributed by atoms with van der Waals surface area (Å²) in [5.41, 5.74) is 2.66. The van der Waals surface area contributed by atoms with Crippen molar-refractivity contribution in [2.75, 3.05) is 31.5 Å². The Morgan fingerprint density at radius 2 is 1.67 bits per heavy atom. The second-order valence-electron chi connectivity index (χ2n) is 5.23. The molecule has 1 N–H and O–H groups in total. The fraction of sp³-hybridized carbons (Fsp3) is 0.625. The summed E-state index contributed by atoms with van der Waals surface area (Å²) in [6.45, 7) is 7.01. The minimum atomic E-state index is 1.06. The van der Waals surface area contributed by atoms with E-state index in [1.54, 1.807) is 0 Å². The van der Waals surface area contributed by atoms with Crippen LogP contribution >= 0.6 is 0 Å². The summed E-state index contributed by atoms with van der Waals surface area (Å²) < 4.78 is 0. The smallest absolute Gasteiger partial charge is 0.0340 e. The summed E-state index contributed by atoms with van der Waals surface area (Å²) >= 11 is 0. The van der Waals surface area contributed by atoms with Crippen LogP contribution in [0.15, 0.2) is 24.3 Å². The molecule has 1 aliphatic rings. The third-order valence-electron chi connectivity index (χ3n) is 3.82. The number of nitrogens with one attached hydrogen (secondary N) is 1. The summed E-state index contributed by atoms with van der Waals surface area (Å²) in [7, 11) is 0. The second-order valence-corrected chi connectivity index (χ2v) is 5.23. The van der Waals surface area contributed by atoms with Crippen LogP contribution in [-0.4, -0.2) is 31.1 Å². The molecule has 0 amide bonds. The van der Waals surface area contributed by atoms with Crippen LogP contribution in [0.4, 0.5) is 5.69 Å². The maximum atomic E-state index is 3.52. The topological polar surface area (TPSA) is 15.3 Å².